The van der Waals surface area contributed by atoms with Crippen molar-refractivity contribution in [3.63, 3.8) is 0 Å². The van der Waals surface area contributed by atoms with Crippen molar-refractivity contribution in [2.45, 2.75) is 75.9 Å². The number of hydrogen-bond donors (Lipinski definition) is 5. The van der Waals surface area contributed by atoms with Gasteiger partial charge in [0.05, 0.1) is 24.7 Å². The molecule has 2 saturated carbocycles. The maximum absolute atomic E-state index is 11.3. The minimum atomic E-state index is -0.903. The number of benzene rings is 2. The minimum absolute atomic E-state index is 0.0914. The molecule has 2 aliphatic carbocycles. The van der Waals surface area contributed by atoms with E-state index in [9.17, 15) is 15.0 Å². The second-order valence-corrected chi connectivity index (χ2v) is 15.2. The van der Waals surface area contributed by atoms with E-state index in [1.165, 1.54) is 0 Å². The van der Waals surface area contributed by atoms with Gasteiger partial charge in [-0.1, -0.05) is 34.0 Å². The lowest BCUT2D eigenvalue weighted by atomic mass is 9.69. The summed E-state index contributed by atoms with van der Waals surface area (Å²) >= 11 is 0. The minimum Gasteiger partial charge on any atom is -0.385 e. The molecular formula is C44H44N10O5. The van der Waals surface area contributed by atoms with Gasteiger partial charge in [-0.05, 0) is 88.1 Å². The molecule has 300 valence electrons. The first-order valence-electron chi connectivity index (χ1n) is 19.1. The summed E-state index contributed by atoms with van der Waals surface area (Å²) in [5, 5.41) is 36.7. The Labute approximate surface area is 340 Å². The molecule has 2 aromatic carbocycles. The number of carbonyl (C=O) groups is 1. The topological polar surface area (TPSA) is 247 Å². The number of rotatable bonds is 9. The van der Waals surface area contributed by atoms with Crippen LogP contribution in [0.15, 0.2) is 94.5 Å². The van der Waals surface area contributed by atoms with Gasteiger partial charge in [-0.15, -0.1) is 0 Å². The Kier molecular flexibility index (Phi) is 11.6. The van der Waals surface area contributed by atoms with Crippen LogP contribution in [0.2, 0.25) is 0 Å². The molecule has 2 fully saturated rings. The summed E-state index contributed by atoms with van der Waals surface area (Å²) in [5.74, 6) is 14.9. The van der Waals surface area contributed by atoms with Crippen molar-refractivity contribution in [1.29, 1.82) is 5.26 Å². The first-order chi connectivity index (χ1) is 28.3. The van der Waals surface area contributed by atoms with Crippen LogP contribution in [0.5, 0.6) is 0 Å². The van der Waals surface area contributed by atoms with E-state index < -0.39 is 29.2 Å². The van der Waals surface area contributed by atoms with E-state index in [-0.39, 0.29) is 11.8 Å². The Hall–Kier alpha value is -6.80. The van der Waals surface area contributed by atoms with E-state index in [2.05, 4.69) is 50.0 Å². The second-order valence-electron chi connectivity index (χ2n) is 15.2. The molecule has 2 aliphatic rings. The molecule has 8 rings (SSSR count). The number of nitrogens with two attached hydrogens (primary N) is 3. The van der Waals surface area contributed by atoms with Crippen molar-refractivity contribution in [3.8, 4) is 52.4 Å². The van der Waals surface area contributed by atoms with Crippen LogP contribution in [0.4, 0.5) is 0 Å². The van der Waals surface area contributed by atoms with Crippen LogP contribution in [0, 0.1) is 46.8 Å². The number of primary amides is 1. The second kappa shape index (κ2) is 17.0. The molecule has 0 saturated heterocycles. The Balaban J connectivity index is 0.000000179. The molecule has 59 heavy (non-hydrogen) atoms. The van der Waals surface area contributed by atoms with Gasteiger partial charge in [0.2, 0.25) is 5.91 Å². The Morgan fingerprint density at radius 2 is 1.20 bits per heavy atom. The molecule has 0 unspecified atom stereocenters. The molecule has 15 nitrogen and oxygen atoms in total. The molecule has 0 aliphatic heterocycles. The third kappa shape index (κ3) is 9.50. The molecule has 0 bridgehead atoms. The van der Waals surface area contributed by atoms with Crippen molar-refractivity contribution in [2.75, 3.05) is 0 Å². The van der Waals surface area contributed by atoms with Gasteiger partial charge in [-0.3, -0.25) is 4.79 Å². The maximum Gasteiger partial charge on any atom is 0.237 e. The van der Waals surface area contributed by atoms with Crippen LogP contribution < -0.4 is 17.2 Å². The first-order valence-corrected chi connectivity index (χ1v) is 19.1. The normalized spacial score (nSPS) is 21.4. The maximum atomic E-state index is 11.3. The number of aliphatic hydroxyl groups excluding tert-OH is 2. The number of nitrogens with zero attached hydrogens (tertiary/aromatic N) is 7. The summed E-state index contributed by atoms with van der Waals surface area (Å²) in [6.07, 6.45) is 7.86. The summed E-state index contributed by atoms with van der Waals surface area (Å²) < 4.78 is 14.6. The van der Waals surface area contributed by atoms with Gasteiger partial charge in [-0.25, -0.2) is 9.97 Å². The van der Waals surface area contributed by atoms with Crippen LogP contribution in [0.25, 0.3) is 22.6 Å². The zero-order chi connectivity index (χ0) is 41.7. The highest BCUT2D eigenvalue weighted by Crippen LogP contribution is 2.36. The molecule has 1 amide bonds. The summed E-state index contributed by atoms with van der Waals surface area (Å²) in [5.41, 5.74) is 20.5. The quantitative estimate of drug-likeness (QED) is 0.129. The number of hydrogen-bond acceptors (Lipinski definition) is 12. The van der Waals surface area contributed by atoms with E-state index in [1.54, 1.807) is 38.6 Å². The van der Waals surface area contributed by atoms with Gasteiger partial charge < -0.3 is 45.6 Å². The fraction of sp³-hybridized carbons (Fsp3) is 0.318. The van der Waals surface area contributed by atoms with Crippen molar-refractivity contribution >= 4 is 5.91 Å². The number of aliphatic hydroxyl groups is 2. The molecule has 0 spiro atoms. The van der Waals surface area contributed by atoms with Gasteiger partial charge in [0.1, 0.15) is 40.8 Å². The van der Waals surface area contributed by atoms with Crippen LogP contribution in [-0.4, -0.2) is 56.6 Å². The third-order valence-corrected chi connectivity index (χ3v) is 10.4. The van der Waals surface area contributed by atoms with Crippen LogP contribution in [0.3, 0.4) is 0 Å². The van der Waals surface area contributed by atoms with Gasteiger partial charge in [0.25, 0.3) is 0 Å². The summed E-state index contributed by atoms with van der Waals surface area (Å²) in [4.78, 5) is 19.6. The average molecular weight is 793 g/mol. The number of nitriles is 1. The standard InChI is InChI=1S/C22H23N5O3.C22H21N5O2/c1-14(28)20-25-8-9-27(20)13-18-10-19(30-26-18)17-6-4-15(5-7-17)2-3-16-11-22(24,12-16)21(23)29;1-15(28)21-25-8-9-27(21)13-19-10-20(29-26-19)18-6-4-16(5-7-18)2-3-17-11-22(24,12-17)14-23/h4-10,14,16,28H,11-13,24H2,1H3,(H2,23,29);4-10,15,17,28H,11-13,24H2,1H3/t14-,16?,22?;15-,17?,22?/m00/s1. The largest absolute Gasteiger partial charge is 0.385 e. The fourth-order valence-corrected chi connectivity index (χ4v) is 6.98. The number of carbonyl (C=O) groups excluding carboxylic acids is 1. The Morgan fingerprint density at radius 1 is 0.780 bits per heavy atom. The smallest absolute Gasteiger partial charge is 0.237 e. The predicted octanol–water partition coefficient (Wildman–Crippen LogP) is 4.21. The Bertz CT molecular complexity index is 2570. The summed E-state index contributed by atoms with van der Waals surface area (Å²) in [6, 6.07) is 21.3. The van der Waals surface area contributed by atoms with Gasteiger partial charge in [0.15, 0.2) is 11.5 Å². The zero-order valence-corrected chi connectivity index (χ0v) is 32.6. The van der Waals surface area contributed by atoms with Gasteiger partial charge in [-0.2, -0.15) is 5.26 Å². The molecule has 8 N–H and O–H groups in total. The number of aromatic nitrogens is 6. The van der Waals surface area contributed by atoms with Crippen molar-refractivity contribution < 1.29 is 24.1 Å². The molecule has 15 heteroatoms. The highest BCUT2D eigenvalue weighted by Gasteiger charge is 2.45. The van der Waals surface area contributed by atoms with E-state index in [1.807, 2.05) is 69.8 Å². The molecule has 4 heterocycles. The van der Waals surface area contributed by atoms with E-state index >= 15 is 0 Å². The lowest BCUT2D eigenvalue weighted by molar-refractivity contribution is -0.126. The first kappa shape index (κ1) is 40.4. The van der Waals surface area contributed by atoms with E-state index in [0.29, 0.717) is 61.9 Å². The SMILES string of the molecule is C[C@H](O)c1nccn1Cc1cc(-c2ccc(C#CC3CC(N)(C#N)C3)cc2)on1.C[C@H](O)c1nccn1Cc1cc(-c2ccc(C#CC3CC(N)(C(N)=O)C3)cc2)on1. The average Bonchev–Trinajstić information content (AvgIpc) is 4.04. The number of amides is 1. The van der Waals surface area contributed by atoms with E-state index in [0.717, 1.165) is 33.6 Å². The Morgan fingerprint density at radius 3 is 1.59 bits per heavy atom. The van der Waals surface area contributed by atoms with Crippen LogP contribution in [0.1, 0.15) is 85.9 Å². The van der Waals surface area contributed by atoms with E-state index in [4.69, 9.17) is 31.5 Å². The van der Waals surface area contributed by atoms with Crippen LogP contribution in [-0.2, 0) is 17.9 Å². The molecule has 0 radical (unpaired) electrons. The molecular weight excluding hydrogens is 749 g/mol. The van der Waals surface area contributed by atoms with Gasteiger partial charge in [0, 0.05) is 71.0 Å². The van der Waals surface area contributed by atoms with Crippen molar-refractivity contribution in [2.24, 2.45) is 29.0 Å². The van der Waals surface area contributed by atoms with Crippen molar-refractivity contribution in [1.82, 2.24) is 29.4 Å². The molecule has 6 aromatic rings. The third-order valence-electron chi connectivity index (χ3n) is 10.4. The van der Waals surface area contributed by atoms with Gasteiger partial charge >= 0.3 is 0 Å². The van der Waals surface area contributed by atoms with Crippen molar-refractivity contribution in [3.05, 3.63) is 120 Å². The number of imidazole rings is 2. The lowest BCUT2D eigenvalue weighted by Crippen LogP contribution is -2.60. The highest BCUT2D eigenvalue weighted by atomic mass is 16.5. The lowest BCUT2D eigenvalue weighted by Gasteiger charge is -2.39. The summed E-state index contributed by atoms with van der Waals surface area (Å²) in [6.45, 7) is 4.29. The monoisotopic (exact) mass is 792 g/mol. The molecule has 2 atom stereocenters. The zero-order valence-electron chi connectivity index (χ0n) is 32.6. The van der Waals surface area contributed by atoms with Crippen LogP contribution >= 0.6 is 0 Å². The molecule has 4 aromatic heterocycles. The fourth-order valence-electron chi connectivity index (χ4n) is 6.98. The summed E-state index contributed by atoms with van der Waals surface area (Å²) in [7, 11) is 0. The predicted molar refractivity (Wildman–Crippen MR) is 216 cm³/mol. The highest BCUT2D eigenvalue weighted by molar-refractivity contribution is 5.85.